The normalized spacial score (nSPS) is 13.8. The molecule has 0 radical (unpaired) electrons. The molecule has 1 N–H and O–H groups in total. The molecule has 3 heterocycles. The maximum Gasteiger partial charge on any atom is 0.276 e. The first-order valence-electron chi connectivity index (χ1n) is 7.31. The molecule has 1 aliphatic rings. The van der Waals surface area contributed by atoms with E-state index >= 15 is 0 Å². The molecule has 1 aliphatic heterocycles. The topological polar surface area (TPSA) is 66.6 Å². The lowest BCUT2D eigenvalue weighted by Gasteiger charge is -2.28. The molecule has 2 aromatic heterocycles. The summed E-state index contributed by atoms with van der Waals surface area (Å²) >= 11 is 1.54. The largest absolute Gasteiger partial charge is 0.508 e. The standard InChI is InChI=1S/C17H14N2O3S/c20-13-4-3-11-5-6-19(10-12(11)8-13)17(21)14-9-15(22-18-14)16-2-1-7-23-16/h1-4,7-9,20H,5-6,10H2. The third-order valence-corrected chi connectivity index (χ3v) is 4.87. The summed E-state index contributed by atoms with van der Waals surface area (Å²) in [5.41, 5.74) is 2.47. The van der Waals surface area contributed by atoms with E-state index in [4.69, 9.17) is 4.52 Å². The molecule has 1 amide bonds. The van der Waals surface area contributed by atoms with E-state index in [1.54, 1.807) is 34.4 Å². The Hall–Kier alpha value is -2.60. The Kier molecular flexibility index (Phi) is 3.38. The smallest absolute Gasteiger partial charge is 0.276 e. The van der Waals surface area contributed by atoms with E-state index < -0.39 is 0 Å². The third-order valence-electron chi connectivity index (χ3n) is 3.98. The van der Waals surface area contributed by atoms with Crippen molar-refractivity contribution in [3.8, 4) is 16.4 Å². The van der Waals surface area contributed by atoms with Gasteiger partial charge in [-0.1, -0.05) is 17.3 Å². The highest BCUT2D eigenvalue weighted by atomic mass is 32.1. The maximum absolute atomic E-state index is 12.6. The Morgan fingerprint density at radius 3 is 3.00 bits per heavy atom. The fourth-order valence-corrected chi connectivity index (χ4v) is 3.46. The molecule has 1 aromatic carbocycles. The van der Waals surface area contributed by atoms with Gasteiger partial charge in [-0.3, -0.25) is 4.79 Å². The van der Waals surface area contributed by atoms with Crippen LogP contribution in [0.5, 0.6) is 5.75 Å². The van der Waals surface area contributed by atoms with E-state index in [-0.39, 0.29) is 11.7 Å². The number of phenols is 1. The Bertz CT molecular complexity index is 855. The number of hydrogen-bond acceptors (Lipinski definition) is 5. The Morgan fingerprint density at radius 2 is 2.17 bits per heavy atom. The summed E-state index contributed by atoms with van der Waals surface area (Å²) in [6.07, 6.45) is 0.775. The van der Waals surface area contributed by atoms with Crippen LogP contribution in [0, 0.1) is 0 Å². The summed E-state index contributed by atoms with van der Waals surface area (Å²) in [6.45, 7) is 1.11. The van der Waals surface area contributed by atoms with Crippen molar-refractivity contribution in [1.82, 2.24) is 10.1 Å². The molecule has 3 aromatic rings. The quantitative estimate of drug-likeness (QED) is 0.784. The molecular weight excluding hydrogens is 312 g/mol. The highest BCUT2D eigenvalue weighted by Crippen LogP contribution is 2.27. The summed E-state index contributed by atoms with van der Waals surface area (Å²) in [4.78, 5) is 15.3. The van der Waals surface area contributed by atoms with Crippen molar-refractivity contribution in [2.45, 2.75) is 13.0 Å². The molecular formula is C17H14N2O3S. The van der Waals surface area contributed by atoms with E-state index in [0.29, 0.717) is 24.5 Å². The molecule has 0 spiro atoms. The van der Waals surface area contributed by atoms with Gasteiger partial charge in [0.05, 0.1) is 4.88 Å². The highest BCUT2D eigenvalue weighted by molar-refractivity contribution is 7.13. The Balaban J connectivity index is 1.56. The fraction of sp³-hybridized carbons (Fsp3) is 0.176. The number of carbonyl (C=O) groups excluding carboxylic acids is 1. The van der Waals surface area contributed by atoms with Gasteiger partial charge < -0.3 is 14.5 Å². The monoisotopic (exact) mass is 326 g/mol. The van der Waals surface area contributed by atoms with E-state index in [9.17, 15) is 9.90 Å². The zero-order valence-corrected chi connectivity index (χ0v) is 13.0. The first-order valence-corrected chi connectivity index (χ1v) is 8.19. The second kappa shape index (κ2) is 5.55. The van der Waals surface area contributed by atoms with Gasteiger partial charge in [0.2, 0.25) is 0 Å². The number of phenolic OH excluding ortho intramolecular Hbond substituents is 1. The van der Waals surface area contributed by atoms with Crippen molar-refractivity contribution in [2.24, 2.45) is 0 Å². The van der Waals surface area contributed by atoms with Gasteiger partial charge in [0.1, 0.15) is 5.75 Å². The zero-order valence-electron chi connectivity index (χ0n) is 12.2. The summed E-state index contributed by atoms with van der Waals surface area (Å²) in [5, 5.41) is 15.5. The molecule has 5 nitrogen and oxygen atoms in total. The number of thiophene rings is 1. The Morgan fingerprint density at radius 1 is 1.26 bits per heavy atom. The van der Waals surface area contributed by atoms with Gasteiger partial charge in [0.25, 0.3) is 5.91 Å². The van der Waals surface area contributed by atoms with Gasteiger partial charge in [-0.05, 0) is 41.1 Å². The molecule has 6 heteroatoms. The van der Waals surface area contributed by atoms with Crippen molar-refractivity contribution in [3.63, 3.8) is 0 Å². The van der Waals surface area contributed by atoms with Crippen LogP contribution in [0.3, 0.4) is 0 Å². The molecule has 0 fully saturated rings. The predicted molar refractivity (Wildman–Crippen MR) is 86.4 cm³/mol. The van der Waals surface area contributed by atoms with E-state index in [0.717, 1.165) is 16.9 Å². The van der Waals surface area contributed by atoms with Crippen molar-refractivity contribution in [3.05, 3.63) is 58.6 Å². The summed E-state index contributed by atoms with van der Waals surface area (Å²) in [7, 11) is 0. The number of benzene rings is 1. The minimum Gasteiger partial charge on any atom is -0.508 e. The van der Waals surface area contributed by atoms with Gasteiger partial charge in [-0.2, -0.15) is 0 Å². The number of aromatic hydroxyl groups is 1. The number of fused-ring (bicyclic) bond motifs is 1. The van der Waals surface area contributed by atoms with Crippen molar-refractivity contribution in [1.29, 1.82) is 0 Å². The second-order valence-corrected chi connectivity index (χ2v) is 6.43. The molecule has 0 atom stereocenters. The molecule has 116 valence electrons. The lowest BCUT2D eigenvalue weighted by Crippen LogP contribution is -2.36. The van der Waals surface area contributed by atoms with Crippen LogP contribution in [0.25, 0.3) is 10.6 Å². The van der Waals surface area contributed by atoms with Gasteiger partial charge in [0.15, 0.2) is 11.5 Å². The number of hydrogen-bond donors (Lipinski definition) is 1. The van der Waals surface area contributed by atoms with E-state index in [1.807, 2.05) is 23.6 Å². The number of carbonyl (C=O) groups is 1. The van der Waals surface area contributed by atoms with Crippen LogP contribution in [0.1, 0.15) is 21.6 Å². The third kappa shape index (κ3) is 2.61. The SMILES string of the molecule is O=C(c1cc(-c2cccs2)on1)N1CCc2ccc(O)cc2C1. The molecule has 0 unspecified atom stereocenters. The molecule has 4 rings (SSSR count). The van der Waals surface area contributed by atoms with Crippen LogP contribution in [0.15, 0.2) is 46.3 Å². The van der Waals surface area contributed by atoms with Gasteiger partial charge in [0, 0.05) is 19.2 Å². The van der Waals surface area contributed by atoms with Crippen molar-refractivity contribution < 1.29 is 14.4 Å². The zero-order chi connectivity index (χ0) is 15.8. The van der Waals surface area contributed by atoms with E-state index in [1.165, 1.54) is 5.56 Å². The Labute approximate surface area is 136 Å². The van der Waals surface area contributed by atoms with Crippen LogP contribution in [-0.4, -0.2) is 27.6 Å². The molecule has 0 saturated carbocycles. The molecule has 0 bridgehead atoms. The van der Waals surface area contributed by atoms with Crippen molar-refractivity contribution >= 4 is 17.2 Å². The number of nitrogens with zero attached hydrogens (tertiary/aromatic N) is 2. The van der Waals surface area contributed by atoms with Gasteiger partial charge in [-0.25, -0.2) is 0 Å². The van der Waals surface area contributed by atoms with Crippen LogP contribution in [0.2, 0.25) is 0 Å². The first kappa shape index (κ1) is 14.0. The average Bonchev–Trinajstić information content (AvgIpc) is 3.24. The number of rotatable bonds is 2. The molecule has 0 aliphatic carbocycles. The van der Waals surface area contributed by atoms with E-state index in [2.05, 4.69) is 5.16 Å². The molecule has 23 heavy (non-hydrogen) atoms. The van der Waals surface area contributed by atoms with Crippen molar-refractivity contribution in [2.75, 3.05) is 6.54 Å². The molecule has 0 saturated heterocycles. The minimum absolute atomic E-state index is 0.148. The first-order chi connectivity index (χ1) is 11.2. The average molecular weight is 326 g/mol. The summed E-state index contributed by atoms with van der Waals surface area (Å²) in [6, 6.07) is 10.9. The summed E-state index contributed by atoms with van der Waals surface area (Å²) in [5.74, 6) is 0.684. The highest BCUT2D eigenvalue weighted by Gasteiger charge is 2.24. The van der Waals surface area contributed by atoms with Crippen LogP contribution >= 0.6 is 11.3 Å². The predicted octanol–water partition coefficient (Wildman–Crippen LogP) is 3.31. The number of amides is 1. The van der Waals surface area contributed by atoms with Gasteiger partial charge in [-0.15, -0.1) is 11.3 Å². The lowest BCUT2D eigenvalue weighted by atomic mass is 9.99. The van der Waals surface area contributed by atoms with Gasteiger partial charge >= 0.3 is 0 Å². The number of aromatic nitrogens is 1. The van der Waals surface area contributed by atoms with Crippen LogP contribution in [0.4, 0.5) is 0 Å². The summed E-state index contributed by atoms with van der Waals surface area (Å²) < 4.78 is 5.28. The second-order valence-electron chi connectivity index (χ2n) is 5.48. The lowest BCUT2D eigenvalue weighted by molar-refractivity contribution is 0.0724. The minimum atomic E-state index is -0.148. The van der Waals surface area contributed by atoms with Crippen LogP contribution < -0.4 is 0 Å². The van der Waals surface area contributed by atoms with Crippen LogP contribution in [-0.2, 0) is 13.0 Å². The fourth-order valence-electron chi connectivity index (χ4n) is 2.79. The maximum atomic E-state index is 12.6.